The molecule has 1 N–H and O–H groups in total. The Morgan fingerprint density at radius 3 is 1.64 bits per heavy atom. The summed E-state index contributed by atoms with van der Waals surface area (Å²) in [4.78, 5) is 0. The number of rotatable bonds is 2. The molecule has 1 nitrogen and oxygen atoms in total. The normalized spacial score (nSPS) is 13.1. The molecule has 0 fully saturated rings. The molecule has 0 saturated carbocycles. The smallest absolute Gasteiger partial charge is 0.0726 e. The van der Waals surface area contributed by atoms with Crippen molar-refractivity contribution in [1.29, 1.82) is 0 Å². The van der Waals surface area contributed by atoms with E-state index in [1.807, 2.05) is 6.92 Å². The van der Waals surface area contributed by atoms with Crippen molar-refractivity contribution in [2.24, 2.45) is 0 Å². The van der Waals surface area contributed by atoms with E-state index in [0.29, 0.717) is 0 Å². The van der Waals surface area contributed by atoms with E-state index in [2.05, 4.69) is 145 Å². The second kappa shape index (κ2) is 9.15. The fraction of sp³-hybridized carbons (Fsp3) is 0.0526. The van der Waals surface area contributed by atoms with Gasteiger partial charge in [-0.2, -0.15) is 0 Å². The van der Waals surface area contributed by atoms with E-state index in [9.17, 15) is 0 Å². The summed E-state index contributed by atoms with van der Waals surface area (Å²) in [5.74, 6) is 0. The van der Waals surface area contributed by atoms with E-state index in [1.165, 1.54) is 55.3 Å². The number of allylic oxidation sites excluding steroid dienone is 1. The molecule has 0 amide bonds. The molecular formula is C38H29N. The Balaban J connectivity index is 0.000000809. The average molecular weight is 500 g/mol. The number of benzene rings is 6. The molecule has 0 heterocycles. The fourth-order valence-electron chi connectivity index (χ4n) is 6.66. The summed E-state index contributed by atoms with van der Waals surface area (Å²) in [5, 5.41) is 6.23. The van der Waals surface area contributed by atoms with Gasteiger partial charge in [0.25, 0.3) is 0 Å². The van der Waals surface area contributed by atoms with Gasteiger partial charge < -0.3 is 5.32 Å². The molecule has 2 aliphatic carbocycles. The van der Waals surface area contributed by atoms with Crippen LogP contribution in [0.2, 0.25) is 0 Å². The SMILES string of the molecule is C=CC.c1ccc2c(c1)-c1ccccc1C21c2ccccc2-c2ccc(Nc3cccc4ccccc34)cc21. The van der Waals surface area contributed by atoms with Crippen molar-refractivity contribution in [3.05, 3.63) is 168 Å². The number of fused-ring (bicyclic) bond motifs is 11. The van der Waals surface area contributed by atoms with E-state index in [1.54, 1.807) is 6.08 Å². The fourth-order valence-corrected chi connectivity index (χ4v) is 6.66. The number of nitrogens with one attached hydrogen (secondary N) is 1. The highest BCUT2D eigenvalue weighted by molar-refractivity contribution is 5.98. The maximum absolute atomic E-state index is 3.76. The first-order valence-electron chi connectivity index (χ1n) is 13.5. The lowest BCUT2D eigenvalue weighted by molar-refractivity contribution is 0.794. The van der Waals surface area contributed by atoms with Gasteiger partial charge in [0.05, 0.1) is 5.41 Å². The van der Waals surface area contributed by atoms with Gasteiger partial charge in [-0.25, -0.2) is 0 Å². The summed E-state index contributed by atoms with van der Waals surface area (Å²) < 4.78 is 0. The molecule has 2 aliphatic rings. The molecular weight excluding hydrogens is 470 g/mol. The molecule has 6 aromatic rings. The van der Waals surface area contributed by atoms with Gasteiger partial charge in [0.2, 0.25) is 0 Å². The third-order valence-corrected chi connectivity index (χ3v) is 8.07. The van der Waals surface area contributed by atoms with Gasteiger partial charge in [-0.3, -0.25) is 0 Å². The topological polar surface area (TPSA) is 12.0 Å². The molecule has 1 spiro atoms. The zero-order chi connectivity index (χ0) is 26.4. The van der Waals surface area contributed by atoms with E-state index in [-0.39, 0.29) is 5.41 Å². The molecule has 0 unspecified atom stereocenters. The minimum Gasteiger partial charge on any atom is -0.355 e. The van der Waals surface area contributed by atoms with Crippen molar-refractivity contribution >= 4 is 22.1 Å². The van der Waals surface area contributed by atoms with Crippen LogP contribution in [-0.4, -0.2) is 0 Å². The van der Waals surface area contributed by atoms with Gasteiger partial charge in [0, 0.05) is 16.8 Å². The quantitative estimate of drug-likeness (QED) is 0.233. The van der Waals surface area contributed by atoms with Crippen LogP contribution in [0.4, 0.5) is 11.4 Å². The Morgan fingerprint density at radius 1 is 0.538 bits per heavy atom. The average Bonchev–Trinajstić information content (AvgIpc) is 3.45. The highest BCUT2D eigenvalue weighted by Crippen LogP contribution is 2.62. The summed E-state index contributed by atoms with van der Waals surface area (Å²) in [6, 6.07) is 48.8. The van der Waals surface area contributed by atoms with Crippen LogP contribution in [0.25, 0.3) is 33.0 Å². The van der Waals surface area contributed by atoms with Gasteiger partial charge >= 0.3 is 0 Å². The zero-order valence-electron chi connectivity index (χ0n) is 22.0. The Kier molecular flexibility index (Phi) is 5.45. The third-order valence-electron chi connectivity index (χ3n) is 8.07. The van der Waals surface area contributed by atoms with Crippen LogP contribution in [0.1, 0.15) is 29.2 Å². The standard InChI is InChI=1S/C35H23N.C3H6/c1-2-12-25-23(10-1)11-9-19-34(25)36-24-20-21-29-28-15-5-8-18-32(28)35(33(29)22-24)30-16-6-3-13-26(30)27-14-4-7-17-31(27)35;1-3-2/h1-22,36H;3H,1H2,2H3. The Labute approximate surface area is 230 Å². The molecule has 0 aliphatic heterocycles. The number of anilines is 2. The number of hydrogen-bond acceptors (Lipinski definition) is 1. The lowest BCUT2D eigenvalue weighted by Gasteiger charge is -2.30. The maximum Gasteiger partial charge on any atom is 0.0726 e. The third kappa shape index (κ3) is 3.33. The molecule has 186 valence electrons. The summed E-state index contributed by atoms with van der Waals surface area (Å²) in [7, 11) is 0. The molecule has 0 bridgehead atoms. The molecule has 1 heteroatoms. The highest BCUT2D eigenvalue weighted by Gasteiger charge is 2.51. The van der Waals surface area contributed by atoms with Gasteiger partial charge in [0.15, 0.2) is 0 Å². The molecule has 39 heavy (non-hydrogen) atoms. The van der Waals surface area contributed by atoms with Crippen LogP contribution in [0.3, 0.4) is 0 Å². The largest absolute Gasteiger partial charge is 0.355 e. The minimum atomic E-state index is -0.310. The molecule has 6 aromatic carbocycles. The molecule has 0 radical (unpaired) electrons. The number of hydrogen-bond donors (Lipinski definition) is 1. The van der Waals surface area contributed by atoms with Gasteiger partial charge in [-0.1, -0.05) is 121 Å². The summed E-state index contributed by atoms with van der Waals surface area (Å²) in [5.41, 5.74) is 12.7. The van der Waals surface area contributed by atoms with Crippen LogP contribution in [0.5, 0.6) is 0 Å². The van der Waals surface area contributed by atoms with Crippen LogP contribution in [0.15, 0.2) is 146 Å². The van der Waals surface area contributed by atoms with Crippen molar-refractivity contribution in [3.63, 3.8) is 0 Å². The van der Waals surface area contributed by atoms with Crippen molar-refractivity contribution in [3.8, 4) is 22.3 Å². The molecule has 0 aromatic heterocycles. The second-order valence-electron chi connectivity index (χ2n) is 10.2. The lowest BCUT2D eigenvalue weighted by atomic mass is 9.70. The van der Waals surface area contributed by atoms with E-state index in [4.69, 9.17) is 0 Å². The second-order valence-corrected chi connectivity index (χ2v) is 10.2. The Morgan fingerprint density at radius 2 is 1.03 bits per heavy atom. The van der Waals surface area contributed by atoms with Gasteiger partial charge in [-0.15, -0.1) is 6.58 Å². The first kappa shape index (κ1) is 23.3. The Hall–Kier alpha value is -4.88. The first-order chi connectivity index (χ1) is 19.3. The predicted molar refractivity (Wildman–Crippen MR) is 166 cm³/mol. The van der Waals surface area contributed by atoms with Crippen molar-refractivity contribution in [2.45, 2.75) is 12.3 Å². The molecule has 0 atom stereocenters. The van der Waals surface area contributed by atoms with Crippen molar-refractivity contribution in [2.75, 3.05) is 5.32 Å². The summed E-state index contributed by atoms with van der Waals surface area (Å²) in [6.07, 6.45) is 1.75. The van der Waals surface area contributed by atoms with Crippen LogP contribution >= 0.6 is 0 Å². The van der Waals surface area contributed by atoms with Crippen molar-refractivity contribution < 1.29 is 0 Å². The van der Waals surface area contributed by atoms with E-state index in [0.717, 1.165) is 11.4 Å². The van der Waals surface area contributed by atoms with Crippen LogP contribution in [-0.2, 0) is 5.41 Å². The first-order valence-corrected chi connectivity index (χ1v) is 13.5. The van der Waals surface area contributed by atoms with E-state index >= 15 is 0 Å². The molecule has 0 saturated heterocycles. The monoisotopic (exact) mass is 499 g/mol. The summed E-state index contributed by atoms with van der Waals surface area (Å²) in [6.45, 7) is 5.25. The minimum absolute atomic E-state index is 0.310. The van der Waals surface area contributed by atoms with Crippen LogP contribution in [0, 0.1) is 0 Å². The molecule has 8 rings (SSSR count). The van der Waals surface area contributed by atoms with Crippen LogP contribution < -0.4 is 5.32 Å². The van der Waals surface area contributed by atoms with Gasteiger partial charge in [0.1, 0.15) is 0 Å². The predicted octanol–water partition coefficient (Wildman–Crippen LogP) is 10.1. The van der Waals surface area contributed by atoms with E-state index < -0.39 is 0 Å². The lowest BCUT2D eigenvalue weighted by Crippen LogP contribution is -2.25. The maximum atomic E-state index is 3.76. The van der Waals surface area contributed by atoms with Crippen molar-refractivity contribution in [1.82, 2.24) is 0 Å². The zero-order valence-corrected chi connectivity index (χ0v) is 22.0. The van der Waals surface area contributed by atoms with Gasteiger partial charge in [-0.05, 0) is 75.0 Å². The summed E-state index contributed by atoms with van der Waals surface area (Å²) >= 11 is 0. The Bertz CT molecular complexity index is 1810. The highest BCUT2D eigenvalue weighted by atomic mass is 14.9.